The Balaban J connectivity index is 0.00000261. The van der Waals surface area contributed by atoms with Gasteiger partial charge in [-0.15, -0.1) is 35.7 Å². The second-order valence-corrected chi connectivity index (χ2v) is 7.84. The number of pyridine rings is 1. The van der Waals surface area contributed by atoms with Crippen LogP contribution in [0.3, 0.4) is 0 Å². The maximum absolute atomic E-state index is 4.48. The number of guanidine groups is 1. The van der Waals surface area contributed by atoms with E-state index in [0.717, 1.165) is 44.5 Å². The number of aromatic nitrogens is 1. The lowest BCUT2D eigenvalue weighted by molar-refractivity contribution is 0.372. The molecule has 1 atom stereocenters. The van der Waals surface area contributed by atoms with Crippen LogP contribution < -0.4 is 10.2 Å². The predicted octanol–water partition coefficient (Wildman–Crippen LogP) is 3.58. The van der Waals surface area contributed by atoms with Crippen LogP contribution in [0, 0.1) is 0 Å². The maximum atomic E-state index is 4.48. The van der Waals surface area contributed by atoms with Gasteiger partial charge in [-0.25, -0.2) is 4.98 Å². The highest BCUT2D eigenvalue weighted by atomic mass is 127. The number of nitrogens with one attached hydrogen (secondary N) is 1. The van der Waals surface area contributed by atoms with E-state index in [2.05, 4.69) is 68.4 Å². The molecule has 0 aliphatic carbocycles. The zero-order chi connectivity index (χ0) is 18.2. The van der Waals surface area contributed by atoms with Crippen LogP contribution in [0.15, 0.2) is 64.6 Å². The molecule has 0 amide bonds. The fraction of sp³-hybridized carbons (Fsp3) is 0.400. The first-order valence-electron chi connectivity index (χ1n) is 9.09. The number of rotatable bonds is 5. The predicted molar refractivity (Wildman–Crippen MR) is 127 cm³/mol. The van der Waals surface area contributed by atoms with E-state index in [-0.39, 0.29) is 24.0 Å². The minimum atomic E-state index is 0. The minimum absolute atomic E-state index is 0. The van der Waals surface area contributed by atoms with Crippen LogP contribution in [-0.2, 0) is 0 Å². The van der Waals surface area contributed by atoms with Crippen molar-refractivity contribution in [1.82, 2.24) is 15.2 Å². The third kappa shape index (κ3) is 6.57. The molecule has 1 fully saturated rings. The molecule has 27 heavy (non-hydrogen) atoms. The number of hydrogen-bond donors (Lipinski definition) is 1. The third-order valence-corrected chi connectivity index (χ3v) is 5.51. The van der Waals surface area contributed by atoms with Crippen molar-refractivity contribution < 1.29 is 0 Å². The molecule has 146 valence electrons. The molecule has 2 heterocycles. The smallest absolute Gasteiger partial charge is 0.193 e. The van der Waals surface area contributed by atoms with E-state index in [1.165, 1.54) is 4.90 Å². The van der Waals surface area contributed by atoms with Crippen LogP contribution in [0.25, 0.3) is 0 Å². The van der Waals surface area contributed by atoms with Crippen LogP contribution in [0.4, 0.5) is 5.82 Å². The highest BCUT2D eigenvalue weighted by Crippen LogP contribution is 2.22. The number of thioether (sulfide) groups is 1. The molecule has 1 unspecified atom stereocenters. The van der Waals surface area contributed by atoms with E-state index in [1.807, 2.05) is 37.1 Å². The molecule has 5 nitrogen and oxygen atoms in total. The summed E-state index contributed by atoms with van der Waals surface area (Å²) in [6.45, 7) is 6.98. The van der Waals surface area contributed by atoms with Gasteiger partial charge in [-0.3, -0.25) is 4.99 Å². The molecule has 7 heteroatoms. The van der Waals surface area contributed by atoms with Crippen molar-refractivity contribution in [3.05, 3.63) is 54.7 Å². The van der Waals surface area contributed by atoms with E-state index in [9.17, 15) is 0 Å². The Labute approximate surface area is 183 Å². The van der Waals surface area contributed by atoms with Crippen molar-refractivity contribution in [2.75, 3.05) is 44.7 Å². The topological polar surface area (TPSA) is 43.8 Å². The number of anilines is 1. The van der Waals surface area contributed by atoms with Crippen LogP contribution >= 0.6 is 35.7 Å². The summed E-state index contributed by atoms with van der Waals surface area (Å²) < 4.78 is 0. The number of hydrogen-bond acceptors (Lipinski definition) is 4. The number of piperazine rings is 1. The zero-order valence-corrected chi connectivity index (χ0v) is 19.1. The van der Waals surface area contributed by atoms with Gasteiger partial charge < -0.3 is 15.1 Å². The van der Waals surface area contributed by atoms with Crippen LogP contribution in [-0.4, -0.2) is 60.9 Å². The van der Waals surface area contributed by atoms with E-state index in [1.54, 1.807) is 0 Å². The molecule has 0 radical (unpaired) electrons. The lowest BCUT2D eigenvalue weighted by Crippen LogP contribution is -2.53. The van der Waals surface area contributed by atoms with Crippen molar-refractivity contribution >= 4 is 47.5 Å². The Bertz CT molecular complexity index is 690. The quantitative estimate of drug-likeness (QED) is 0.296. The lowest BCUT2D eigenvalue weighted by Gasteiger charge is -2.37. The van der Waals surface area contributed by atoms with E-state index < -0.39 is 0 Å². The monoisotopic (exact) mass is 497 g/mol. The van der Waals surface area contributed by atoms with Crippen molar-refractivity contribution in [3.63, 3.8) is 0 Å². The van der Waals surface area contributed by atoms with Crippen molar-refractivity contribution in [2.45, 2.75) is 17.1 Å². The van der Waals surface area contributed by atoms with Gasteiger partial charge in [0.2, 0.25) is 0 Å². The normalized spacial score (nSPS) is 15.9. The summed E-state index contributed by atoms with van der Waals surface area (Å²) in [5.74, 6) is 2.05. The maximum Gasteiger partial charge on any atom is 0.193 e. The number of halogens is 1. The SMILES string of the molecule is CN=C(NCC(C)Sc1ccccc1)N1CCN(c2ccccn2)CC1.I. The average molecular weight is 497 g/mol. The standard InChI is InChI=1S/C20H27N5S.HI/c1-17(26-18-8-4-3-5-9-18)16-23-20(21-2)25-14-12-24(13-15-25)19-10-6-7-11-22-19;/h3-11,17H,12-16H2,1-2H3,(H,21,23);1H. The minimum Gasteiger partial charge on any atom is -0.355 e. The van der Waals surface area contributed by atoms with E-state index in [4.69, 9.17) is 0 Å². The summed E-state index contributed by atoms with van der Waals surface area (Å²) in [6, 6.07) is 16.6. The van der Waals surface area contributed by atoms with Crippen molar-refractivity contribution in [2.24, 2.45) is 4.99 Å². The highest BCUT2D eigenvalue weighted by molar-refractivity contribution is 14.0. The summed E-state index contributed by atoms with van der Waals surface area (Å²) in [4.78, 5) is 14.9. The van der Waals surface area contributed by atoms with Crippen LogP contribution in [0.5, 0.6) is 0 Å². The molecule has 1 aliphatic rings. The molecule has 3 rings (SSSR count). The third-order valence-electron chi connectivity index (χ3n) is 4.39. The second-order valence-electron chi connectivity index (χ2n) is 6.33. The zero-order valence-electron chi connectivity index (χ0n) is 15.9. The molecular formula is C20H28IN5S. The highest BCUT2D eigenvalue weighted by Gasteiger charge is 2.20. The summed E-state index contributed by atoms with van der Waals surface area (Å²) >= 11 is 1.89. The van der Waals surface area contributed by atoms with Crippen molar-refractivity contribution in [3.8, 4) is 0 Å². The summed E-state index contributed by atoms with van der Waals surface area (Å²) in [5.41, 5.74) is 0. The first-order chi connectivity index (χ1) is 12.8. The molecule has 0 bridgehead atoms. The molecule has 0 spiro atoms. The van der Waals surface area contributed by atoms with Gasteiger partial charge in [0.25, 0.3) is 0 Å². The van der Waals surface area contributed by atoms with Gasteiger partial charge in [0.15, 0.2) is 5.96 Å². The van der Waals surface area contributed by atoms with E-state index in [0.29, 0.717) is 5.25 Å². The molecule has 0 saturated carbocycles. The largest absolute Gasteiger partial charge is 0.355 e. The molecule has 2 aromatic rings. The number of benzene rings is 1. The summed E-state index contributed by atoms with van der Waals surface area (Å²) in [5, 5.41) is 4.01. The summed E-state index contributed by atoms with van der Waals surface area (Å²) in [7, 11) is 1.86. The molecule has 1 aromatic heterocycles. The molecule has 1 N–H and O–H groups in total. The fourth-order valence-corrected chi connectivity index (χ4v) is 3.97. The van der Waals surface area contributed by atoms with Crippen LogP contribution in [0.2, 0.25) is 0 Å². The second kappa shape index (κ2) is 11.4. The summed E-state index contributed by atoms with van der Waals surface area (Å²) in [6.07, 6.45) is 1.86. The number of aliphatic imine (C=N–C) groups is 1. The lowest BCUT2D eigenvalue weighted by atomic mass is 10.3. The molecular weight excluding hydrogens is 469 g/mol. The molecule has 1 aliphatic heterocycles. The first-order valence-corrected chi connectivity index (χ1v) is 9.97. The Hall–Kier alpha value is -1.48. The molecule has 1 aromatic carbocycles. The van der Waals surface area contributed by atoms with Crippen molar-refractivity contribution in [1.29, 1.82) is 0 Å². The van der Waals surface area contributed by atoms with E-state index >= 15 is 0 Å². The van der Waals surface area contributed by atoms with Gasteiger partial charge in [-0.2, -0.15) is 0 Å². The van der Waals surface area contributed by atoms with Crippen LogP contribution in [0.1, 0.15) is 6.92 Å². The van der Waals surface area contributed by atoms with Gasteiger partial charge in [-0.1, -0.05) is 31.2 Å². The Kier molecular flexibility index (Phi) is 9.20. The Morgan fingerprint density at radius 1 is 1.11 bits per heavy atom. The van der Waals surface area contributed by atoms with Gasteiger partial charge >= 0.3 is 0 Å². The molecule has 1 saturated heterocycles. The first kappa shape index (κ1) is 21.8. The Morgan fingerprint density at radius 2 is 1.81 bits per heavy atom. The number of nitrogens with zero attached hydrogens (tertiary/aromatic N) is 4. The average Bonchev–Trinajstić information content (AvgIpc) is 2.70. The fourth-order valence-electron chi connectivity index (χ4n) is 3.03. The Morgan fingerprint density at radius 3 is 2.44 bits per heavy atom. The van der Waals surface area contributed by atoms with Gasteiger partial charge in [0.1, 0.15) is 5.82 Å². The van der Waals surface area contributed by atoms with Gasteiger partial charge in [0.05, 0.1) is 0 Å². The van der Waals surface area contributed by atoms with Gasteiger partial charge in [0, 0.05) is 56.1 Å². The van der Waals surface area contributed by atoms with Gasteiger partial charge in [-0.05, 0) is 24.3 Å².